The average molecular weight is 430 g/mol. The number of nitrogens with one attached hydrogen (secondary N) is 1. The van der Waals surface area contributed by atoms with Crippen molar-refractivity contribution in [2.24, 2.45) is 11.6 Å². The molecule has 0 radical (unpaired) electrons. The molecule has 11 heteroatoms. The number of rotatable bonds is 8. The minimum Gasteiger partial charge on any atom is -0.495 e. The lowest BCUT2D eigenvalue weighted by Crippen LogP contribution is -2.37. The van der Waals surface area contributed by atoms with Crippen molar-refractivity contribution in [3.8, 4) is 10.9 Å². The third kappa shape index (κ3) is 5.01. The zero-order valence-corrected chi connectivity index (χ0v) is 16.7. The van der Waals surface area contributed by atoms with E-state index in [1.54, 1.807) is 36.4 Å². The fraction of sp³-hybridized carbons (Fsp3) is 0.105. The molecule has 0 atom stereocenters. The van der Waals surface area contributed by atoms with Gasteiger partial charge in [-0.1, -0.05) is 29.4 Å². The first-order valence-electron chi connectivity index (χ1n) is 8.63. The van der Waals surface area contributed by atoms with Crippen molar-refractivity contribution in [1.82, 2.24) is 10.2 Å². The van der Waals surface area contributed by atoms with Gasteiger partial charge < -0.3 is 15.2 Å². The molecule has 0 saturated carbocycles. The molecule has 156 valence electrons. The first kappa shape index (κ1) is 21.0. The molecule has 0 aliphatic rings. The normalized spacial score (nSPS) is 11.1. The Kier molecular flexibility index (Phi) is 6.78. The summed E-state index contributed by atoms with van der Waals surface area (Å²) in [5.74, 6) is 5.62. The molecule has 1 amide bonds. The highest BCUT2D eigenvalue weighted by molar-refractivity contribution is 7.17. The Morgan fingerprint density at radius 3 is 2.67 bits per heavy atom. The topological polar surface area (TPSA) is 129 Å². The van der Waals surface area contributed by atoms with Crippen molar-refractivity contribution in [3.05, 3.63) is 71.8 Å². The Balaban J connectivity index is 1.64. The van der Waals surface area contributed by atoms with E-state index in [4.69, 9.17) is 21.1 Å². The molecule has 2 aromatic carbocycles. The summed E-state index contributed by atoms with van der Waals surface area (Å²) in [5, 5.41) is 11.8. The third-order valence-electron chi connectivity index (χ3n) is 3.90. The number of ether oxygens (including phenoxy) is 2. The summed E-state index contributed by atoms with van der Waals surface area (Å²) in [7, 11) is 1.49. The van der Waals surface area contributed by atoms with Crippen LogP contribution in [0.5, 0.6) is 10.9 Å². The van der Waals surface area contributed by atoms with Gasteiger partial charge in [0.2, 0.25) is 5.13 Å². The van der Waals surface area contributed by atoms with Gasteiger partial charge in [-0.25, -0.2) is 10.2 Å². The summed E-state index contributed by atoms with van der Waals surface area (Å²) in [6.07, 6.45) is 1.08. The summed E-state index contributed by atoms with van der Waals surface area (Å²) in [6.45, 7) is 0.182. The molecule has 0 fully saturated rings. The Labute approximate surface area is 175 Å². The number of hydrogen-bond acceptors (Lipinski definition) is 9. The van der Waals surface area contributed by atoms with E-state index in [2.05, 4.69) is 15.5 Å². The molecule has 5 N–H and O–H groups in total. The van der Waals surface area contributed by atoms with E-state index >= 15 is 0 Å². The molecule has 0 unspecified atom stereocenters. The number of aromatic nitrogens is 2. The Bertz CT molecular complexity index is 1040. The number of nitrogens with zero attached hydrogens (tertiary/aromatic N) is 3. The number of amides is 1. The highest BCUT2D eigenvalue weighted by Gasteiger charge is 2.20. The van der Waals surface area contributed by atoms with Gasteiger partial charge in [-0.15, -0.1) is 5.10 Å². The molecule has 9 nitrogen and oxygen atoms in total. The summed E-state index contributed by atoms with van der Waals surface area (Å²) in [6, 6.07) is 12.8. The molecule has 0 spiro atoms. The van der Waals surface area contributed by atoms with Crippen LogP contribution in [0.15, 0.2) is 60.4 Å². The number of anilines is 2. The Morgan fingerprint density at radius 2 is 1.97 bits per heavy atom. The lowest BCUT2D eigenvalue weighted by molar-refractivity contribution is -0.113. The predicted octanol–water partition coefficient (Wildman–Crippen LogP) is 2.38. The van der Waals surface area contributed by atoms with Gasteiger partial charge >= 0.3 is 0 Å². The SMILES string of the molecule is COc1ccccc1N(N)/C(=C\N)C(=O)Nc1nnc(OCc2ccc(F)cc2)s1. The van der Waals surface area contributed by atoms with Crippen LogP contribution in [0.4, 0.5) is 15.2 Å². The highest BCUT2D eigenvalue weighted by atomic mass is 32.1. The largest absolute Gasteiger partial charge is 0.495 e. The number of methoxy groups -OCH3 is 1. The second-order valence-corrected chi connectivity index (χ2v) is 6.78. The number of para-hydroxylation sites is 2. The van der Waals surface area contributed by atoms with Gasteiger partial charge in [0.1, 0.15) is 23.9 Å². The van der Waals surface area contributed by atoms with E-state index in [9.17, 15) is 9.18 Å². The molecule has 0 saturated heterocycles. The number of nitrogens with two attached hydrogens (primary N) is 2. The maximum absolute atomic E-state index is 12.9. The second-order valence-electron chi connectivity index (χ2n) is 5.84. The van der Waals surface area contributed by atoms with Gasteiger partial charge in [-0.3, -0.25) is 15.1 Å². The first-order chi connectivity index (χ1) is 14.5. The minimum atomic E-state index is -0.591. The molecule has 3 rings (SSSR count). The summed E-state index contributed by atoms with van der Waals surface area (Å²) < 4.78 is 23.7. The van der Waals surface area contributed by atoms with Crippen LogP contribution < -0.4 is 31.4 Å². The summed E-state index contributed by atoms with van der Waals surface area (Å²) in [4.78, 5) is 12.6. The first-order valence-corrected chi connectivity index (χ1v) is 9.45. The number of carbonyl (C=O) groups excluding carboxylic acids is 1. The minimum absolute atomic E-state index is 0.0246. The summed E-state index contributed by atoms with van der Waals surface area (Å²) >= 11 is 1.02. The fourth-order valence-corrected chi connectivity index (χ4v) is 3.02. The smallest absolute Gasteiger partial charge is 0.296 e. The molecular formula is C19H19FN6O3S. The number of hydrazine groups is 1. The molecule has 0 aliphatic carbocycles. The Morgan fingerprint density at radius 1 is 1.23 bits per heavy atom. The Hall–Kier alpha value is -3.70. The van der Waals surface area contributed by atoms with Gasteiger partial charge in [0.05, 0.1) is 12.8 Å². The zero-order chi connectivity index (χ0) is 21.5. The number of carbonyl (C=O) groups is 1. The third-order valence-corrected chi connectivity index (χ3v) is 4.65. The number of hydrogen-bond donors (Lipinski definition) is 3. The molecule has 30 heavy (non-hydrogen) atoms. The molecular weight excluding hydrogens is 411 g/mol. The lowest BCUT2D eigenvalue weighted by Gasteiger charge is -2.22. The molecule has 1 heterocycles. The van der Waals surface area contributed by atoms with Crippen molar-refractivity contribution in [1.29, 1.82) is 0 Å². The lowest BCUT2D eigenvalue weighted by atomic mass is 10.2. The van der Waals surface area contributed by atoms with E-state index in [1.165, 1.54) is 19.2 Å². The van der Waals surface area contributed by atoms with Crippen molar-refractivity contribution >= 4 is 28.1 Å². The average Bonchev–Trinajstić information content (AvgIpc) is 3.21. The van der Waals surface area contributed by atoms with Gasteiger partial charge in [0.25, 0.3) is 11.1 Å². The van der Waals surface area contributed by atoms with E-state index in [0.29, 0.717) is 11.4 Å². The van der Waals surface area contributed by atoms with Crippen LogP contribution in [-0.4, -0.2) is 23.2 Å². The van der Waals surface area contributed by atoms with Gasteiger partial charge in [0, 0.05) is 6.20 Å². The summed E-state index contributed by atoms with van der Waals surface area (Å²) in [5.41, 5.74) is 6.81. The van der Waals surface area contributed by atoms with E-state index < -0.39 is 5.91 Å². The van der Waals surface area contributed by atoms with E-state index in [1.807, 2.05) is 0 Å². The monoisotopic (exact) mass is 430 g/mol. The van der Waals surface area contributed by atoms with Gasteiger partial charge in [-0.2, -0.15) is 0 Å². The van der Waals surface area contributed by atoms with Crippen LogP contribution in [0.3, 0.4) is 0 Å². The molecule has 3 aromatic rings. The molecule has 0 bridgehead atoms. The van der Waals surface area contributed by atoms with Crippen LogP contribution >= 0.6 is 11.3 Å². The zero-order valence-electron chi connectivity index (χ0n) is 15.9. The van der Waals surface area contributed by atoms with Gasteiger partial charge in [-0.05, 0) is 41.2 Å². The van der Waals surface area contributed by atoms with Crippen LogP contribution in [-0.2, 0) is 11.4 Å². The number of halogens is 1. The van der Waals surface area contributed by atoms with Crippen molar-refractivity contribution in [2.75, 3.05) is 17.4 Å². The quantitative estimate of drug-likeness (QED) is 0.282. The number of benzene rings is 2. The van der Waals surface area contributed by atoms with E-state index in [0.717, 1.165) is 28.1 Å². The van der Waals surface area contributed by atoms with Crippen molar-refractivity contribution < 1.29 is 18.7 Å². The highest BCUT2D eigenvalue weighted by Crippen LogP contribution is 2.29. The fourth-order valence-electron chi connectivity index (χ4n) is 2.43. The van der Waals surface area contributed by atoms with Crippen LogP contribution in [0.25, 0.3) is 0 Å². The van der Waals surface area contributed by atoms with E-state index in [-0.39, 0.29) is 28.4 Å². The van der Waals surface area contributed by atoms with Crippen molar-refractivity contribution in [2.45, 2.75) is 6.61 Å². The maximum Gasteiger partial charge on any atom is 0.296 e. The maximum atomic E-state index is 12.9. The second kappa shape index (κ2) is 9.67. The standard InChI is InChI=1S/C19H19FN6O3S/c1-28-16-5-3-2-4-14(16)26(22)15(10-21)17(27)23-18-24-25-19(30-18)29-11-12-6-8-13(20)9-7-12/h2-10H,11,21-22H2,1H3,(H,23,24,27)/b15-10-. The van der Waals surface area contributed by atoms with Crippen LogP contribution in [0, 0.1) is 5.82 Å². The predicted molar refractivity (Wildman–Crippen MR) is 111 cm³/mol. The van der Waals surface area contributed by atoms with Crippen LogP contribution in [0.1, 0.15) is 5.56 Å². The van der Waals surface area contributed by atoms with Gasteiger partial charge in [0.15, 0.2) is 0 Å². The van der Waals surface area contributed by atoms with Crippen LogP contribution in [0.2, 0.25) is 0 Å². The molecule has 0 aliphatic heterocycles. The molecule has 1 aromatic heterocycles. The van der Waals surface area contributed by atoms with Crippen molar-refractivity contribution in [3.63, 3.8) is 0 Å².